The van der Waals surface area contributed by atoms with Crippen molar-refractivity contribution < 1.29 is 4.74 Å². The highest BCUT2D eigenvalue weighted by molar-refractivity contribution is 5.78. The molecule has 0 unspecified atom stereocenters. The van der Waals surface area contributed by atoms with Gasteiger partial charge in [0.2, 0.25) is 0 Å². The normalized spacial score (nSPS) is 16.9. The van der Waals surface area contributed by atoms with Crippen LogP contribution in [0.15, 0.2) is 18.5 Å². The highest BCUT2D eigenvalue weighted by Gasteiger charge is 2.22. The molecule has 0 bridgehead atoms. The van der Waals surface area contributed by atoms with Gasteiger partial charge in [0, 0.05) is 17.3 Å². The lowest BCUT2D eigenvalue weighted by Crippen LogP contribution is -2.31. The number of fused-ring (bicyclic) bond motifs is 1. The first-order chi connectivity index (χ1) is 7.75. The third kappa shape index (κ3) is 1.41. The number of pyridine rings is 1. The van der Waals surface area contributed by atoms with Crippen LogP contribution < -0.4 is 0 Å². The first-order valence-electron chi connectivity index (χ1n) is 5.66. The topological polar surface area (TPSA) is 39.9 Å². The molecule has 1 aliphatic heterocycles. The van der Waals surface area contributed by atoms with Gasteiger partial charge in [-0.1, -0.05) is 13.8 Å². The smallest absolute Gasteiger partial charge is 0.0992 e. The molecule has 4 heteroatoms. The highest BCUT2D eigenvalue weighted by atomic mass is 16.5. The van der Waals surface area contributed by atoms with E-state index < -0.39 is 0 Å². The molecule has 0 amide bonds. The van der Waals surface area contributed by atoms with Gasteiger partial charge in [-0.3, -0.25) is 9.67 Å². The monoisotopic (exact) mass is 217 g/mol. The predicted octanol–water partition coefficient (Wildman–Crippen LogP) is 2.13. The largest absolute Gasteiger partial charge is 0.377 e. The summed E-state index contributed by atoms with van der Waals surface area (Å²) in [7, 11) is 0. The van der Waals surface area contributed by atoms with Crippen LogP contribution in [0.3, 0.4) is 0 Å². The van der Waals surface area contributed by atoms with E-state index in [9.17, 15) is 0 Å². The molecule has 84 valence electrons. The SMILES string of the molecule is CC(C)c1cc2c(cn1)cnn2C1COC1. The van der Waals surface area contributed by atoms with Crippen molar-refractivity contribution in [3.05, 3.63) is 24.2 Å². The van der Waals surface area contributed by atoms with Crippen LogP contribution in [0.1, 0.15) is 31.5 Å². The van der Waals surface area contributed by atoms with Crippen molar-refractivity contribution in [2.24, 2.45) is 0 Å². The van der Waals surface area contributed by atoms with E-state index in [2.05, 4.69) is 34.7 Å². The van der Waals surface area contributed by atoms with Crippen molar-refractivity contribution in [1.82, 2.24) is 14.8 Å². The zero-order valence-electron chi connectivity index (χ0n) is 9.55. The zero-order chi connectivity index (χ0) is 11.1. The second kappa shape index (κ2) is 3.56. The Hall–Kier alpha value is -1.42. The zero-order valence-corrected chi connectivity index (χ0v) is 9.55. The Bertz CT molecular complexity index is 514. The van der Waals surface area contributed by atoms with Gasteiger partial charge in [-0.15, -0.1) is 0 Å². The lowest BCUT2D eigenvalue weighted by Gasteiger charge is -2.26. The van der Waals surface area contributed by atoms with Crippen LogP contribution in [0.5, 0.6) is 0 Å². The molecule has 3 rings (SSSR count). The predicted molar refractivity (Wildman–Crippen MR) is 61.5 cm³/mol. The molecule has 2 aromatic heterocycles. The van der Waals surface area contributed by atoms with Crippen LogP contribution in [0, 0.1) is 0 Å². The van der Waals surface area contributed by atoms with Gasteiger partial charge in [-0.25, -0.2) is 0 Å². The fourth-order valence-electron chi connectivity index (χ4n) is 1.93. The van der Waals surface area contributed by atoms with Gasteiger partial charge in [0.25, 0.3) is 0 Å². The standard InChI is InChI=1S/C12H15N3O/c1-8(2)11-3-12-9(4-13-11)5-14-15(12)10-6-16-7-10/h3-5,8,10H,6-7H2,1-2H3. The molecule has 1 fully saturated rings. The van der Waals surface area contributed by atoms with E-state index in [0.717, 1.165) is 24.3 Å². The third-order valence-corrected chi connectivity index (χ3v) is 3.06. The van der Waals surface area contributed by atoms with Crippen LogP contribution >= 0.6 is 0 Å². The number of rotatable bonds is 2. The van der Waals surface area contributed by atoms with E-state index in [1.54, 1.807) is 0 Å². The average molecular weight is 217 g/mol. The van der Waals surface area contributed by atoms with Crippen LogP contribution in [0.4, 0.5) is 0 Å². The molecule has 1 saturated heterocycles. The molecule has 4 nitrogen and oxygen atoms in total. The first kappa shape index (κ1) is 9.78. The van der Waals surface area contributed by atoms with Gasteiger partial charge in [-0.05, 0) is 12.0 Å². The van der Waals surface area contributed by atoms with Crippen molar-refractivity contribution in [3.8, 4) is 0 Å². The molecule has 0 aromatic carbocycles. The molecule has 0 saturated carbocycles. The summed E-state index contributed by atoms with van der Waals surface area (Å²) in [5.41, 5.74) is 2.29. The van der Waals surface area contributed by atoms with Crippen molar-refractivity contribution in [2.75, 3.05) is 13.2 Å². The van der Waals surface area contributed by atoms with Crippen molar-refractivity contribution in [3.63, 3.8) is 0 Å². The molecule has 16 heavy (non-hydrogen) atoms. The summed E-state index contributed by atoms with van der Waals surface area (Å²) in [6.07, 6.45) is 3.79. The van der Waals surface area contributed by atoms with Gasteiger partial charge >= 0.3 is 0 Å². The Morgan fingerprint density at radius 1 is 1.38 bits per heavy atom. The summed E-state index contributed by atoms with van der Waals surface area (Å²) in [5, 5.41) is 5.52. The summed E-state index contributed by atoms with van der Waals surface area (Å²) < 4.78 is 7.27. The number of hydrogen-bond donors (Lipinski definition) is 0. The third-order valence-electron chi connectivity index (χ3n) is 3.06. The van der Waals surface area contributed by atoms with Crippen LogP contribution in [-0.4, -0.2) is 28.0 Å². The Labute approximate surface area is 94.2 Å². The quantitative estimate of drug-likeness (QED) is 0.773. The molecule has 3 heterocycles. The average Bonchev–Trinajstić information content (AvgIpc) is 2.59. The van der Waals surface area contributed by atoms with Crippen LogP contribution in [0.2, 0.25) is 0 Å². The maximum atomic E-state index is 5.21. The fourth-order valence-corrected chi connectivity index (χ4v) is 1.93. The number of ether oxygens (including phenoxy) is 1. The number of nitrogens with zero attached hydrogens (tertiary/aromatic N) is 3. The molecule has 0 atom stereocenters. The lowest BCUT2D eigenvalue weighted by molar-refractivity contribution is -0.0266. The molecule has 0 aliphatic carbocycles. The maximum absolute atomic E-state index is 5.21. The van der Waals surface area contributed by atoms with Crippen molar-refractivity contribution in [2.45, 2.75) is 25.8 Å². The summed E-state index contributed by atoms with van der Waals surface area (Å²) in [5.74, 6) is 0.449. The molecule has 0 spiro atoms. The minimum atomic E-state index is 0.403. The summed E-state index contributed by atoms with van der Waals surface area (Å²) in [6, 6.07) is 2.55. The Morgan fingerprint density at radius 3 is 2.81 bits per heavy atom. The second-order valence-electron chi connectivity index (χ2n) is 4.60. The van der Waals surface area contributed by atoms with E-state index in [1.165, 1.54) is 5.52 Å². The molecule has 0 N–H and O–H groups in total. The van der Waals surface area contributed by atoms with Gasteiger partial charge in [0.1, 0.15) is 0 Å². The highest BCUT2D eigenvalue weighted by Crippen LogP contribution is 2.24. The number of hydrogen-bond acceptors (Lipinski definition) is 3. The molecule has 1 aliphatic rings. The lowest BCUT2D eigenvalue weighted by atomic mass is 10.1. The summed E-state index contributed by atoms with van der Waals surface area (Å²) in [6.45, 7) is 5.86. The van der Waals surface area contributed by atoms with Crippen LogP contribution in [0.25, 0.3) is 10.9 Å². The van der Waals surface area contributed by atoms with Gasteiger partial charge in [0.05, 0.1) is 31.0 Å². The fraction of sp³-hybridized carbons (Fsp3) is 0.500. The number of aromatic nitrogens is 3. The first-order valence-corrected chi connectivity index (χ1v) is 5.66. The molecule has 2 aromatic rings. The van der Waals surface area contributed by atoms with E-state index in [-0.39, 0.29) is 0 Å². The van der Waals surface area contributed by atoms with E-state index in [0.29, 0.717) is 12.0 Å². The minimum Gasteiger partial charge on any atom is -0.377 e. The van der Waals surface area contributed by atoms with Gasteiger partial charge < -0.3 is 4.74 Å². The van der Waals surface area contributed by atoms with E-state index in [1.807, 2.05) is 12.4 Å². The molecule has 0 radical (unpaired) electrons. The Morgan fingerprint density at radius 2 is 2.19 bits per heavy atom. The summed E-state index contributed by atoms with van der Waals surface area (Å²) >= 11 is 0. The van der Waals surface area contributed by atoms with Crippen molar-refractivity contribution in [1.29, 1.82) is 0 Å². The van der Waals surface area contributed by atoms with E-state index >= 15 is 0 Å². The Balaban J connectivity index is 2.11. The molecular formula is C12H15N3O. The minimum absolute atomic E-state index is 0.403. The summed E-state index contributed by atoms with van der Waals surface area (Å²) in [4.78, 5) is 4.44. The van der Waals surface area contributed by atoms with E-state index in [4.69, 9.17) is 4.74 Å². The van der Waals surface area contributed by atoms with Crippen LogP contribution in [-0.2, 0) is 4.74 Å². The van der Waals surface area contributed by atoms with Gasteiger partial charge in [-0.2, -0.15) is 5.10 Å². The maximum Gasteiger partial charge on any atom is 0.0992 e. The Kier molecular flexibility index (Phi) is 2.17. The van der Waals surface area contributed by atoms with Gasteiger partial charge in [0.15, 0.2) is 0 Å². The second-order valence-corrected chi connectivity index (χ2v) is 4.60. The van der Waals surface area contributed by atoms with Crippen molar-refractivity contribution >= 4 is 10.9 Å². The molecular weight excluding hydrogens is 202 g/mol.